The molecule has 1 saturated heterocycles. The highest BCUT2D eigenvalue weighted by Gasteiger charge is 2.44. The summed E-state index contributed by atoms with van der Waals surface area (Å²) in [5, 5.41) is 0. The summed E-state index contributed by atoms with van der Waals surface area (Å²) in [6.07, 6.45) is 15.2. The Kier molecular flexibility index (Phi) is 3.13. The number of rotatable bonds is 1. The molecule has 1 saturated carbocycles. The zero-order valence-corrected chi connectivity index (χ0v) is 11.5. The van der Waals surface area contributed by atoms with Gasteiger partial charge < -0.3 is 18.8 Å². The maximum atomic E-state index is 6.23. The Labute approximate surface area is 118 Å². The van der Waals surface area contributed by atoms with Gasteiger partial charge in [0.1, 0.15) is 12.2 Å². The van der Waals surface area contributed by atoms with Crippen molar-refractivity contribution in [2.24, 2.45) is 0 Å². The highest BCUT2D eigenvalue weighted by atomic mass is 16.7. The van der Waals surface area contributed by atoms with E-state index in [-0.39, 0.29) is 24.2 Å². The fraction of sp³-hybridized carbons (Fsp3) is 0.667. The van der Waals surface area contributed by atoms with Crippen LogP contribution in [0.1, 0.15) is 38.3 Å². The molecule has 4 rings (SSSR count). The molecule has 108 valence electrons. The van der Waals surface area contributed by atoms with Gasteiger partial charge >= 0.3 is 0 Å². The Morgan fingerprint density at radius 2 is 2.05 bits per heavy atom. The summed E-state index contributed by atoms with van der Waals surface area (Å²) in [6, 6.07) is 0. The minimum atomic E-state index is -0.352. The third-order valence-electron chi connectivity index (χ3n) is 4.44. The second-order valence-corrected chi connectivity index (χ2v) is 5.82. The summed E-state index contributed by atoms with van der Waals surface area (Å²) < 4.78 is 20.3. The maximum Gasteiger partial charge on any atom is 0.169 e. The van der Waals surface area contributed by atoms with E-state index in [0.29, 0.717) is 6.61 Å². The van der Waals surface area contributed by atoms with Gasteiger partial charge in [-0.05, 0) is 18.9 Å². The minimum absolute atomic E-state index is 0.0154. The quantitative estimate of drug-likeness (QED) is 0.739. The topological polar surface area (TPSA) is 45.5 Å². The lowest BCUT2D eigenvalue weighted by atomic mass is 9.92. The van der Waals surface area contributed by atoms with Crippen LogP contribution in [-0.2, 0) is 14.2 Å². The van der Waals surface area contributed by atoms with Crippen LogP contribution in [-0.4, -0.2) is 34.2 Å². The first-order valence-electron chi connectivity index (χ1n) is 7.48. The van der Waals surface area contributed by atoms with Crippen molar-refractivity contribution in [1.82, 2.24) is 9.55 Å². The van der Waals surface area contributed by atoms with Crippen LogP contribution in [0.15, 0.2) is 30.9 Å². The van der Waals surface area contributed by atoms with Crippen LogP contribution in [0.3, 0.4) is 0 Å². The molecular weight excluding hydrogens is 256 g/mol. The summed E-state index contributed by atoms with van der Waals surface area (Å²) in [5.74, 6) is -0.352. The Morgan fingerprint density at radius 3 is 2.85 bits per heavy atom. The average molecular weight is 276 g/mol. The van der Waals surface area contributed by atoms with Gasteiger partial charge in [0.05, 0.1) is 12.9 Å². The molecule has 0 amide bonds. The first kappa shape index (κ1) is 12.6. The van der Waals surface area contributed by atoms with Crippen LogP contribution in [0.2, 0.25) is 0 Å². The number of ether oxygens (including phenoxy) is 3. The fourth-order valence-electron chi connectivity index (χ4n) is 3.34. The van der Waals surface area contributed by atoms with Crippen LogP contribution in [0.5, 0.6) is 0 Å². The molecule has 20 heavy (non-hydrogen) atoms. The molecule has 3 unspecified atom stereocenters. The van der Waals surface area contributed by atoms with E-state index < -0.39 is 0 Å². The molecule has 3 heterocycles. The molecule has 0 bridgehead atoms. The zero-order valence-electron chi connectivity index (χ0n) is 11.5. The van der Waals surface area contributed by atoms with Crippen LogP contribution < -0.4 is 0 Å². The van der Waals surface area contributed by atoms with Gasteiger partial charge in [-0.3, -0.25) is 0 Å². The van der Waals surface area contributed by atoms with E-state index in [9.17, 15) is 0 Å². The van der Waals surface area contributed by atoms with Gasteiger partial charge in [-0.1, -0.05) is 12.5 Å². The molecule has 2 fully saturated rings. The van der Waals surface area contributed by atoms with Gasteiger partial charge in [0.2, 0.25) is 0 Å². The lowest BCUT2D eigenvalue weighted by Gasteiger charge is -2.47. The summed E-state index contributed by atoms with van der Waals surface area (Å²) in [5.41, 5.74) is 0. The van der Waals surface area contributed by atoms with Crippen molar-refractivity contribution in [2.45, 2.75) is 56.3 Å². The third kappa shape index (κ3) is 2.20. The molecule has 3 atom stereocenters. The van der Waals surface area contributed by atoms with Gasteiger partial charge in [0, 0.05) is 25.2 Å². The molecule has 0 N–H and O–H groups in total. The zero-order chi connectivity index (χ0) is 13.4. The van der Waals surface area contributed by atoms with E-state index in [2.05, 4.69) is 11.1 Å². The predicted molar refractivity (Wildman–Crippen MR) is 71.9 cm³/mol. The molecule has 2 aliphatic heterocycles. The van der Waals surface area contributed by atoms with Crippen LogP contribution in [0.4, 0.5) is 0 Å². The van der Waals surface area contributed by atoms with Gasteiger partial charge in [0.25, 0.3) is 0 Å². The monoisotopic (exact) mass is 276 g/mol. The van der Waals surface area contributed by atoms with E-state index in [1.54, 1.807) is 12.5 Å². The Morgan fingerprint density at radius 1 is 1.15 bits per heavy atom. The van der Waals surface area contributed by atoms with Crippen LogP contribution >= 0.6 is 0 Å². The van der Waals surface area contributed by atoms with Crippen molar-refractivity contribution in [1.29, 1.82) is 0 Å². The number of fused-ring (bicyclic) bond motifs is 1. The van der Waals surface area contributed by atoms with Crippen molar-refractivity contribution in [3.8, 4) is 0 Å². The summed E-state index contributed by atoms with van der Waals surface area (Å²) in [6.45, 7) is 0.611. The lowest BCUT2D eigenvalue weighted by Crippen LogP contribution is -2.54. The summed E-state index contributed by atoms with van der Waals surface area (Å²) >= 11 is 0. The molecule has 1 spiro atoms. The molecule has 3 aliphatic rings. The highest BCUT2D eigenvalue weighted by Crippen LogP contribution is 2.39. The SMILES string of the molecule is C1=CC(n2ccnc2)OC2COC3(CCCCC3)OC12. The third-order valence-corrected chi connectivity index (χ3v) is 4.44. The van der Waals surface area contributed by atoms with Crippen molar-refractivity contribution in [3.63, 3.8) is 0 Å². The molecule has 1 aromatic heterocycles. The highest BCUT2D eigenvalue weighted by molar-refractivity contribution is 5.05. The molecule has 1 aliphatic carbocycles. The van der Waals surface area contributed by atoms with Gasteiger partial charge in [0.15, 0.2) is 12.0 Å². The minimum Gasteiger partial charge on any atom is -0.347 e. The van der Waals surface area contributed by atoms with Gasteiger partial charge in [-0.25, -0.2) is 4.98 Å². The molecule has 0 aromatic carbocycles. The second-order valence-electron chi connectivity index (χ2n) is 5.82. The lowest BCUT2D eigenvalue weighted by molar-refractivity contribution is -0.334. The van der Waals surface area contributed by atoms with Gasteiger partial charge in [-0.15, -0.1) is 0 Å². The van der Waals surface area contributed by atoms with Crippen molar-refractivity contribution >= 4 is 0 Å². The van der Waals surface area contributed by atoms with Crippen molar-refractivity contribution < 1.29 is 14.2 Å². The average Bonchev–Trinajstić information content (AvgIpc) is 3.02. The van der Waals surface area contributed by atoms with Crippen molar-refractivity contribution in [3.05, 3.63) is 30.9 Å². The molecule has 1 aromatic rings. The van der Waals surface area contributed by atoms with Crippen molar-refractivity contribution in [2.75, 3.05) is 6.61 Å². The Hall–Kier alpha value is -1.17. The van der Waals surface area contributed by atoms with Crippen LogP contribution in [0, 0.1) is 0 Å². The first-order valence-corrected chi connectivity index (χ1v) is 7.48. The molecular formula is C15H20N2O3. The smallest absolute Gasteiger partial charge is 0.169 e. The van der Waals surface area contributed by atoms with E-state index in [4.69, 9.17) is 14.2 Å². The van der Waals surface area contributed by atoms with E-state index in [1.807, 2.05) is 16.8 Å². The Bertz CT molecular complexity index is 479. The fourth-order valence-corrected chi connectivity index (χ4v) is 3.34. The molecule has 5 nitrogen and oxygen atoms in total. The summed E-state index contributed by atoms with van der Waals surface area (Å²) in [7, 11) is 0. The van der Waals surface area contributed by atoms with E-state index >= 15 is 0 Å². The number of hydrogen-bond acceptors (Lipinski definition) is 4. The summed E-state index contributed by atoms with van der Waals surface area (Å²) in [4.78, 5) is 4.06. The standard InChI is InChI=1S/C15H20N2O3/c1-2-6-15(7-3-1)18-10-13-12(20-15)4-5-14(19-13)17-9-8-16-11-17/h4-5,8-9,11-14H,1-3,6-7,10H2. The van der Waals surface area contributed by atoms with E-state index in [1.165, 1.54) is 19.3 Å². The number of nitrogens with zero attached hydrogens (tertiary/aromatic N) is 2. The Balaban J connectivity index is 1.49. The molecule has 0 radical (unpaired) electrons. The maximum absolute atomic E-state index is 6.23. The number of hydrogen-bond donors (Lipinski definition) is 0. The second kappa shape index (κ2) is 4.98. The number of imidazole rings is 1. The first-order chi connectivity index (χ1) is 9.85. The largest absolute Gasteiger partial charge is 0.347 e. The van der Waals surface area contributed by atoms with E-state index in [0.717, 1.165) is 12.8 Å². The predicted octanol–water partition coefficient (Wildman–Crippen LogP) is 2.41. The van der Waals surface area contributed by atoms with Crippen LogP contribution in [0.25, 0.3) is 0 Å². The number of aromatic nitrogens is 2. The molecule has 5 heteroatoms. The van der Waals surface area contributed by atoms with Gasteiger partial charge in [-0.2, -0.15) is 0 Å². The normalized spacial score (nSPS) is 35.9.